The van der Waals surface area contributed by atoms with Gasteiger partial charge >= 0.3 is 6.18 Å². The van der Waals surface area contributed by atoms with Gasteiger partial charge in [0, 0.05) is 12.7 Å². The van der Waals surface area contributed by atoms with E-state index < -0.39 is 11.7 Å². The summed E-state index contributed by atoms with van der Waals surface area (Å²) in [6.07, 6.45) is -2.56. The Morgan fingerprint density at radius 3 is 2.78 bits per heavy atom. The number of pyridine rings is 1. The molecule has 0 bridgehead atoms. The molecule has 0 saturated carbocycles. The number of alkyl halides is 3. The number of carbonyl (C=O) groups is 1. The molecule has 4 nitrogen and oxygen atoms in total. The zero-order chi connectivity index (χ0) is 13.6. The Bertz CT molecular complexity index is 407. The summed E-state index contributed by atoms with van der Waals surface area (Å²) >= 11 is 0. The summed E-state index contributed by atoms with van der Waals surface area (Å²) in [5.74, 6) is -0.257. The fourth-order valence-electron chi connectivity index (χ4n) is 1.20. The van der Waals surface area contributed by atoms with Gasteiger partial charge in [0.05, 0.1) is 12.1 Å². The van der Waals surface area contributed by atoms with Crippen molar-refractivity contribution in [2.75, 3.05) is 18.4 Å². The van der Waals surface area contributed by atoms with Crippen LogP contribution in [0.15, 0.2) is 18.3 Å². The second-order valence-electron chi connectivity index (χ2n) is 3.63. The first-order valence-electron chi connectivity index (χ1n) is 5.47. The summed E-state index contributed by atoms with van der Waals surface area (Å²) in [6.45, 7) is 2.34. The van der Waals surface area contributed by atoms with Crippen molar-refractivity contribution in [1.29, 1.82) is 0 Å². The minimum atomic E-state index is -4.41. The number of carbonyl (C=O) groups excluding carboxylic acids is 1. The molecule has 0 saturated heterocycles. The molecule has 1 aromatic rings. The van der Waals surface area contributed by atoms with Crippen LogP contribution in [0.2, 0.25) is 0 Å². The van der Waals surface area contributed by atoms with Crippen LogP contribution in [0.5, 0.6) is 0 Å². The zero-order valence-corrected chi connectivity index (χ0v) is 9.84. The van der Waals surface area contributed by atoms with Crippen LogP contribution in [0, 0.1) is 0 Å². The van der Waals surface area contributed by atoms with Crippen LogP contribution in [0.4, 0.5) is 19.0 Å². The zero-order valence-electron chi connectivity index (χ0n) is 9.84. The minimum absolute atomic E-state index is 0.0245. The van der Waals surface area contributed by atoms with Crippen molar-refractivity contribution >= 4 is 11.7 Å². The molecule has 1 amide bonds. The smallest absolute Gasteiger partial charge is 0.361 e. The molecule has 1 aromatic heterocycles. The van der Waals surface area contributed by atoms with Crippen molar-refractivity contribution in [2.24, 2.45) is 0 Å². The fourth-order valence-corrected chi connectivity index (χ4v) is 1.20. The molecule has 1 rings (SSSR count). The van der Waals surface area contributed by atoms with Gasteiger partial charge in [0.1, 0.15) is 5.82 Å². The molecule has 100 valence electrons. The van der Waals surface area contributed by atoms with E-state index in [1.54, 1.807) is 0 Å². The maximum atomic E-state index is 12.4. The highest BCUT2D eigenvalue weighted by Gasteiger charge is 2.30. The topological polar surface area (TPSA) is 54.0 Å². The fraction of sp³-hybridized carbons (Fsp3) is 0.455. The lowest BCUT2D eigenvalue weighted by molar-refractivity contribution is -0.137. The third kappa shape index (κ3) is 4.60. The predicted molar refractivity (Wildman–Crippen MR) is 61.0 cm³/mol. The molecule has 1 heterocycles. The average Bonchev–Trinajstić information content (AvgIpc) is 2.33. The van der Waals surface area contributed by atoms with Gasteiger partial charge in [-0.2, -0.15) is 13.2 Å². The Kier molecular flexibility index (Phi) is 4.94. The second-order valence-corrected chi connectivity index (χ2v) is 3.63. The number of anilines is 1. The second kappa shape index (κ2) is 6.23. The molecule has 0 aliphatic carbocycles. The van der Waals surface area contributed by atoms with E-state index in [1.165, 1.54) is 0 Å². The minimum Gasteiger partial charge on any atom is -0.361 e. The van der Waals surface area contributed by atoms with Crippen molar-refractivity contribution in [3.63, 3.8) is 0 Å². The number of nitrogens with zero attached hydrogens (tertiary/aromatic N) is 1. The predicted octanol–water partition coefficient (Wildman–Crippen LogP) is 2.04. The molecular formula is C11H14F3N3O. The monoisotopic (exact) mass is 261 g/mol. The lowest BCUT2D eigenvalue weighted by Crippen LogP contribution is -2.30. The third-order valence-electron chi connectivity index (χ3n) is 2.09. The van der Waals surface area contributed by atoms with E-state index in [0.717, 1.165) is 24.8 Å². The van der Waals surface area contributed by atoms with Gasteiger partial charge in [0.15, 0.2) is 0 Å². The van der Waals surface area contributed by atoms with Crippen molar-refractivity contribution in [1.82, 2.24) is 10.3 Å². The maximum absolute atomic E-state index is 12.4. The number of halogens is 3. The van der Waals surface area contributed by atoms with Crippen LogP contribution in [0.1, 0.15) is 18.9 Å². The summed E-state index contributed by atoms with van der Waals surface area (Å²) in [4.78, 5) is 14.9. The van der Waals surface area contributed by atoms with E-state index in [1.807, 2.05) is 6.92 Å². The number of aromatic nitrogens is 1. The van der Waals surface area contributed by atoms with E-state index in [0.29, 0.717) is 6.54 Å². The maximum Gasteiger partial charge on any atom is 0.416 e. The summed E-state index contributed by atoms with van der Waals surface area (Å²) in [5.41, 5.74) is -0.797. The van der Waals surface area contributed by atoms with Gasteiger partial charge in [-0.1, -0.05) is 6.92 Å². The summed E-state index contributed by atoms with van der Waals surface area (Å²) in [7, 11) is 0. The summed E-state index contributed by atoms with van der Waals surface area (Å²) in [6, 6.07) is 1.75. The summed E-state index contributed by atoms with van der Waals surface area (Å²) < 4.78 is 37.2. The highest BCUT2D eigenvalue weighted by Crippen LogP contribution is 2.29. The van der Waals surface area contributed by atoms with Crippen LogP contribution in [0.3, 0.4) is 0 Å². The van der Waals surface area contributed by atoms with Gasteiger partial charge in [-0.15, -0.1) is 0 Å². The summed E-state index contributed by atoms with van der Waals surface area (Å²) in [5, 5.41) is 5.14. The molecule has 7 heteroatoms. The SMILES string of the molecule is CCCNC(=O)CNc1cc(C(F)(F)F)ccn1. The highest BCUT2D eigenvalue weighted by molar-refractivity contribution is 5.80. The Balaban J connectivity index is 2.55. The Morgan fingerprint density at radius 2 is 2.17 bits per heavy atom. The van der Waals surface area contributed by atoms with E-state index in [4.69, 9.17) is 0 Å². The van der Waals surface area contributed by atoms with Crippen molar-refractivity contribution in [2.45, 2.75) is 19.5 Å². The Morgan fingerprint density at radius 1 is 1.44 bits per heavy atom. The Hall–Kier alpha value is -1.79. The first-order valence-corrected chi connectivity index (χ1v) is 5.47. The van der Waals surface area contributed by atoms with E-state index in [-0.39, 0.29) is 18.3 Å². The van der Waals surface area contributed by atoms with Gasteiger partial charge in [-0.25, -0.2) is 4.98 Å². The quantitative estimate of drug-likeness (QED) is 0.852. The van der Waals surface area contributed by atoms with Crippen molar-refractivity contribution in [3.05, 3.63) is 23.9 Å². The number of rotatable bonds is 5. The number of hydrogen-bond acceptors (Lipinski definition) is 3. The van der Waals surface area contributed by atoms with E-state index >= 15 is 0 Å². The van der Waals surface area contributed by atoms with Crippen LogP contribution in [0.25, 0.3) is 0 Å². The molecule has 2 N–H and O–H groups in total. The molecular weight excluding hydrogens is 247 g/mol. The first-order chi connectivity index (χ1) is 8.43. The molecule has 0 aromatic carbocycles. The molecule has 0 atom stereocenters. The molecule has 0 fully saturated rings. The third-order valence-corrected chi connectivity index (χ3v) is 2.09. The van der Waals surface area contributed by atoms with Crippen LogP contribution in [-0.4, -0.2) is 24.0 Å². The van der Waals surface area contributed by atoms with Crippen molar-refractivity contribution in [3.8, 4) is 0 Å². The molecule has 0 aliphatic heterocycles. The average molecular weight is 261 g/mol. The standard InChI is InChI=1S/C11H14F3N3O/c1-2-4-16-10(18)7-17-9-6-8(3-5-15-9)11(12,13)14/h3,5-6H,2,4,7H2,1H3,(H,15,17)(H,16,18). The number of amides is 1. The molecule has 0 spiro atoms. The van der Waals surface area contributed by atoms with E-state index in [9.17, 15) is 18.0 Å². The molecule has 0 unspecified atom stereocenters. The lowest BCUT2D eigenvalue weighted by atomic mass is 10.2. The van der Waals surface area contributed by atoms with Crippen LogP contribution < -0.4 is 10.6 Å². The lowest BCUT2D eigenvalue weighted by Gasteiger charge is -2.09. The van der Waals surface area contributed by atoms with Crippen molar-refractivity contribution < 1.29 is 18.0 Å². The van der Waals surface area contributed by atoms with Gasteiger partial charge in [-0.3, -0.25) is 4.79 Å². The number of hydrogen-bond donors (Lipinski definition) is 2. The van der Waals surface area contributed by atoms with Gasteiger partial charge in [0.25, 0.3) is 0 Å². The molecule has 0 aliphatic rings. The highest BCUT2D eigenvalue weighted by atomic mass is 19.4. The van der Waals surface area contributed by atoms with Gasteiger partial charge < -0.3 is 10.6 Å². The van der Waals surface area contributed by atoms with Gasteiger partial charge in [0.2, 0.25) is 5.91 Å². The van der Waals surface area contributed by atoms with E-state index in [2.05, 4.69) is 15.6 Å². The van der Waals surface area contributed by atoms with Gasteiger partial charge in [-0.05, 0) is 18.6 Å². The molecule has 0 radical (unpaired) electrons. The Labute approximate surface area is 103 Å². The normalized spacial score (nSPS) is 11.1. The molecule has 18 heavy (non-hydrogen) atoms. The first kappa shape index (κ1) is 14.3. The van der Waals surface area contributed by atoms with Crippen LogP contribution >= 0.6 is 0 Å². The van der Waals surface area contributed by atoms with Crippen LogP contribution in [-0.2, 0) is 11.0 Å². The largest absolute Gasteiger partial charge is 0.416 e. The number of nitrogens with one attached hydrogen (secondary N) is 2.